The smallest absolute Gasteiger partial charge is 0.405 e. The van der Waals surface area contributed by atoms with Gasteiger partial charge in [-0.3, -0.25) is 4.79 Å². The van der Waals surface area contributed by atoms with Gasteiger partial charge in [-0.05, 0) is 37.1 Å². The molecule has 1 saturated heterocycles. The molecule has 144 valence electrons. The molecule has 1 fully saturated rings. The number of halogens is 3. The second kappa shape index (κ2) is 8.04. The summed E-state index contributed by atoms with van der Waals surface area (Å²) in [5, 5.41) is 1.56. The largest absolute Gasteiger partial charge is 0.452 e. The average molecular weight is 394 g/mol. The maximum Gasteiger partial charge on any atom is 0.405 e. The van der Waals surface area contributed by atoms with Crippen molar-refractivity contribution in [1.29, 1.82) is 0 Å². The summed E-state index contributed by atoms with van der Waals surface area (Å²) in [6, 6.07) is 4.93. The van der Waals surface area contributed by atoms with Gasteiger partial charge in [-0.15, -0.1) is 0 Å². The third-order valence-corrected chi connectivity index (χ3v) is 5.53. The van der Waals surface area contributed by atoms with Crippen molar-refractivity contribution in [2.45, 2.75) is 23.9 Å². The molecule has 1 aliphatic heterocycles. The van der Waals surface area contributed by atoms with Crippen molar-refractivity contribution in [3.63, 3.8) is 0 Å². The molecule has 0 aliphatic carbocycles. The molecule has 0 unspecified atom stereocenters. The van der Waals surface area contributed by atoms with Gasteiger partial charge in [0, 0.05) is 13.1 Å². The van der Waals surface area contributed by atoms with E-state index >= 15 is 0 Å². The van der Waals surface area contributed by atoms with Gasteiger partial charge in [-0.2, -0.15) is 17.5 Å². The van der Waals surface area contributed by atoms with Crippen molar-refractivity contribution < 1.29 is 35.9 Å². The molecular formula is C15H17F3N2O5S. The fourth-order valence-corrected chi connectivity index (χ4v) is 3.82. The Morgan fingerprint density at radius 1 is 1.12 bits per heavy atom. The molecule has 0 aromatic heterocycles. The van der Waals surface area contributed by atoms with Crippen LogP contribution in [0.4, 0.5) is 13.2 Å². The van der Waals surface area contributed by atoms with Gasteiger partial charge < -0.3 is 10.1 Å². The van der Waals surface area contributed by atoms with Crippen LogP contribution in [0.25, 0.3) is 0 Å². The van der Waals surface area contributed by atoms with Gasteiger partial charge in [0.2, 0.25) is 10.0 Å². The van der Waals surface area contributed by atoms with E-state index in [1.165, 1.54) is 28.6 Å². The SMILES string of the molecule is O=C(COC(=O)c1ccc(S(=O)(=O)N2CCCC2)cc1)NCC(F)(F)F. The fourth-order valence-electron chi connectivity index (χ4n) is 2.30. The number of ether oxygens (including phenoxy) is 1. The van der Waals surface area contributed by atoms with E-state index in [0.717, 1.165) is 12.8 Å². The number of carbonyl (C=O) groups excluding carboxylic acids is 2. The number of hydrogen-bond acceptors (Lipinski definition) is 5. The van der Waals surface area contributed by atoms with Crippen molar-refractivity contribution in [1.82, 2.24) is 9.62 Å². The molecule has 1 aromatic rings. The van der Waals surface area contributed by atoms with E-state index in [9.17, 15) is 31.2 Å². The first-order valence-electron chi connectivity index (χ1n) is 7.70. The van der Waals surface area contributed by atoms with Crippen molar-refractivity contribution >= 4 is 21.9 Å². The molecule has 0 atom stereocenters. The number of nitrogens with one attached hydrogen (secondary N) is 1. The average Bonchev–Trinajstić information content (AvgIpc) is 3.12. The lowest BCUT2D eigenvalue weighted by atomic mass is 10.2. The molecule has 0 spiro atoms. The highest BCUT2D eigenvalue weighted by molar-refractivity contribution is 7.89. The number of rotatable bonds is 6. The third kappa shape index (κ3) is 5.43. The Labute approximate surface area is 148 Å². The van der Waals surface area contributed by atoms with E-state index in [1.54, 1.807) is 5.32 Å². The van der Waals surface area contributed by atoms with Crippen LogP contribution in [0.2, 0.25) is 0 Å². The summed E-state index contributed by atoms with van der Waals surface area (Å²) in [4.78, 5) is 23.0. The standard InChI is InChI=1S/C15H17F3N2O5S/c16-15(17,18)10-19-13(21)9-25-14(22)11-3-5-12(6-4-11)26(23,24)20-7-1-2-8-20/h3-6H,1-2,7-10H2,(H,19,21). The Kier molecular flexibility index (Phi) is 6.24. The fraction of sp³-hybridized carbons (Fsp3) is 0.467. The summed E-state index contributed by atoms with van der Waals surface area (Å²) in [5.74, 6) is -2.04. The van der Waals surface area contributed by atoms with Crippen LogP contribution >= 0.6 is 0 Å². The van der Waals surface area contributed by atoms with Gasteiger partial charge >= 0.3 is 12.1 Å². The summed E-state index contributed by atoms with van der Waals surface area (Å²) in [5.41, 5.74) is -0.0195. The van der Waals surface area contributed by atoms with Gasteiger partial charge in [0.25, 0.3) is 5.91 Å². The molecule has 0 radical (unpaired) electrons. The maximum atomic E-state index is 12.3. The zero-order chi connectivity index (χ0) is 19.4. The van der Waals surface area contributed by atoms with Gasteiger partial charge in [0.15, 0.2) is 6.61 Å². The molecule has 11 heteroatoms. The first kappa shape index (κ1) is 20.2. The number of benzene rings is 1. The minimum atomic E-state index is -4.56. The molecule has 1 amide bonds. The normalized spacial score (nSPS) is 15.7. The lowest BCUT2D eigenvalue weighted by molar-refractivity contribution is -0.140. The van der Waals surface area contributed by atoms with Crippen LogP contribution in [-0.2, 0) is 19.6 Å². The molecule has 1 aromatic carbocycles. The zero-order valence-electron chi connectivity index (χ0n) is 13.6. The van der Waals surface area contributed by atoms with Crippen LogP contribution in [0.3, 0.4) is 0 Å². The lowest BCUT2D eigenvalue weighted by Gasteiger charge is -2.15. The first-order valence-corrected chi connectivity index (χ1v) is 9.14. The number of alkyl halides is 3. The summed E-state index contributed by atoms with van der Waals surface area (Å²) in [6.45, 7) is -1.51. The first-order chi connectivity index (χ1) is 12.1. The number of sulfonamides is 1. The van der Waals surface area contributed by atoms with Crippen LogP contribution in [0.15, 0.2) is 29.2 Å². The maximum absolute atomic E-state index is 12.3. The molecule has 1 heterocycles. The van der Waals surface area contributed by atoms with E-state index in [4.69, 9.17) is 0 Å². The molecule has 2 rings (SSSR count). The summed E-state index contributed by atoms with van der Waals surface area (Å²) < 4.78 is 66.5. The molecule has 7 nitrogen and oxygen atoms in total. The molecule has 1 N–H and O–H groups in total. The van der Waals surface area contributed by atoms with Crippen LogP contribution in [0.5, 0.6) is 0 Å². The second-order valence-corrected chi connectivity index (χ2v) is 7.54. The summed E-state index contributed by atoms with van der Waals surface area (Å²) >= 11 is 0. The molecule has 0 bridgehead atoms. The Balaban J connectivity index is 1.91. The van der Waals surface area contributed by atoms with Crippen molar-refractivity contribution in [3.05, 3.63) is 29.8 Å². The topological polar surface area (TPSA) is 92.8 Å². The Bertz CT molecular complexity index is 756. The van der Waals surface area contributed by atoms with Crippen LogP contribution in [0, 0.1) is 0 Å². The van der Waals surface area contributed by atoms with Crippen LogP contribution in [-0.4, -0.2) is 57.0 Å². The number of nitrogens with zero attached hydrogens (tertiary/aromatic N) is 1. The monoisotopic (exact) mass is 394 g/mol. The van der Waals surface area contributed by atoms with E-state index < -0.39 is 41.2 Å². The van der Waals surface area contributed by atoms with Crippen molar-refractivity contribution in [2.24, 2.45) is 0 Å². The zero-order valence-corrected chi connectivity index (χ0v) is 14.4. The predicted molar refractivity (Wildman–Crippen MR) is 83.8 cm³/mol. The number of amides is 1. The van der Waals surface area contributed by atoms with E-state index in [2.05, 4.69) is 4.74 Å². The molecule has 0 saturated carbocycles. The Morgan fingerprint density at radius 2 is 1.69 bits per heavy atom. The Hall–Kier alpha value is -2.14. The second-order valence-electron chi connectivity index (χ2n) is 5.60. The van der Waals surface area contributed by atoms with E-state index in [1.807, 2.05) is 0 Å². The predicted octanol–water partition coefficient (Wildman–Crippen LogP) is 1.31. The van der Waals surface area contributed by atoms with E-state index in [0.29, 0.717) is 13.1 Å². The minimum Gasteiger partial charge on any atom is -0.452 e. The quantitative estimate of drug-likeness (QED) is 0.735. The highest BCUT2D eigenvalue weighted by Gasteiger charge is 2.28. The minimum absolute atomic E-state index is 0.0195. The van der Waals surface area contributed by atoms with Gasteiger partial charge in [0.05, 0.1) is 10.5 Å². The number of hydrogen-bond donors (Lipinski definition) is 1. The summed E-state index contributed by atoms with van der Waals surface area (Å²) in [6.07, 6.45) is -2.98. The van der Waals surface area contributed by atoms with Gasteiger partial charge in [0.1, 0.15) is 6.54 Å². The number of esters is 1. The lowest BCUT2D eigenvalue weighted by Crippen LogP contribution is -2.36. The van der Waals surface area contributed by atoms with Crippen LogP contribution < -0.4 is 5.32 Å². The molecular weight excluding hydrogens is 377 g/mol. The molecule has 26 heavy (non-hydrogen) atoms. The van der Waals surface area contributed by atoms with Crippen molar-refractivity contribution in [3.8, 4) is 0 Å². The summed E-state index contributed by atoms with van der Waals surface area (Å²) in [7, 11) is -3.62. The highest BCUT2D eigenvalue weighted by Crippen LogP contribution is 2.21. The van der Waals surface area contributed by atoms with E-state index in [-0.39, 0.29) is 10.5 Å². The Morgan fingerprint density at radius 3 is 2.23 bits per heavy atom. The van der Waals surface area contributed by atoms with Gasteiger partial charge in [-0.1, -0.05) is 0 Å². The molecule has 1 aliphatic rings. The van der Waals surface area contributed by atoms with Crippen molar-refractivity contribution in [2.75, 3.05) is 26.2 Å². The van der Waals surface area contributed by atoms with Crippen LogP contribution in [0.1, 0.15) is 23.2 Å². The number of carbonyl (C=O) groups is 2. The van der Waals surface area contributed by atoms with Gasteiger partial charge in [-0.25, -0.2) is 13.2 Å². The third-order valence-electron chi connectivity index (χ3n) is 3.61. The highest BCUT2D eigenvalue weighted by atomic mass is 32.2.